The van der Waals surface area contributed by atoms with Gasteiger partial charge in [0.05, 0.1) is 30.7 Å². The number of pyridine rings is 1. The molecule has 2 aromatic heterocycles. The third-order valence-electron chi connectivity index (χ3n) is 2.76. The summed E-state index contributed by atoms with van der Waals surface area (Å²) in [6.07, 6.45) is 3.20. The van der Waals surface area contributed by atoms with Gasteiger partial charge in [0.1, 0.15) is 11.4 Å². The Balaban J connectivity index is 2.18. The van der Waals surface area contributed by atoms with Crippen molar-refractivity contribution in [3.05, 3.63) is 35.8 Å². The van der Waals surface area contributed by atoms with Crippen molar-refractivity contribution >= 4 is 17.5 Å². The highest BCUT2D eigenvalue weighted by Gasteiger charge is 2.14. The van der Waals surface area contributed by atoms with E-state index in [1.54, 1.807) is 23.9 Å². The molecule has 0 unspecified atom stereocenters. The summed E-state index contributed by atoms with van der Waals surface area (Å²) in [5.41, 5.74) is 7.38. The molecule has 0 aromatic carbocycles. The molecular weight excluding hydrogens is 258 g/mol. The summed E-state index contributed by atoms with van der Waals surface area (Å²) < 4.78 is 6.74. The first-order valence-corrected chi connectivity index (χ1v) is 6.25. The van der Waals surface area contributed by atoms with Crippen LogP contribution in [0.2, 0.25) is 0 Å². The van der Waals surface area contributed by atoms with Gasteiger partial charge in [-0.2, -0.15) is 5.10 Å². The molecule has 0 fully saturated rings. The number of aryl methyl sites for hydroxylation is 1. The fourth-order valence-corrected chi connectivity index (χ4v) is 1.74. The molecule has 0 aliphatic heterocycles. The second kappa shape index (κ2) is 6.05. The molecule has 2 heterocycles. The van der Waals surface area contributed by atoms with Gasteiger partial charge in [0.15, 0.2) is 0 Å². The van der Waals surface area contributed by atoms with Crippen LogP contribution in [0, 0.1) is 0 Å². The number of nitrogens with two attached hydrogens (primary N) is 1. The van der Waals surface area contributed by atoms with Crippen LogP contribution in [-0.2, 0) is 18.3 Å². The minimum absolute atomic E-state index is 0.300. The average molecular weight is 275 g/mol. The molecule has 0 aliphatic rings. The number of nitrogens with one attached hydrogen (secondary N) is 1. The number of nitrogen functional groups attached to an aromatic ring is 1. The number of hydrogen-bond acceptors (Lipinski definition) is 6. The number of hydrogen-bond donors (Lipinski definition) is 2. The van der Waals surface area contributed by atoms with Crippen LogP contribution in [-0.4, -0.2) is 27.3 Å². The van der Waals surface area contributed by atoms with Gasteiger partial charge in [-0.25, -0.2) is 9.78 Å². The Kier molecular flexibility index (Phi) is 4.19. The van der Waals surface area contributed by atoms with Gasteiger partial charge in [0.25, 0.3) is 0 Å². The van der Waals surface area contributed by atoms with E-state index in [1.807, 2.05) is 13.1 Å². The van der Waals surface area contributed by atoms with E-state index in [1.165, 1.54) is 6.20 Å². The Morgan fingerprint density at radius 1 is 1.55 bits per heavy atom. The first-order chi connectivity index (χ1) is 9.61. The highest BCUT2D eigenvalue weighted by atomic mass is 16.5. The van der Waals surface area contributed by atoms with Crippen molar-refractivity contribution in [1.29, 1.82) is 0 Å². The molecule has 2 aromatic rings. The zero-order chi connectivity index (χ0) is 14.5. The molecule has 0 radical (unpaired) electrons. The Hall–Kier alpha value is -2.57. The van der Waals surface area contributed by atoms with Crippen molar-refractivity contribution in [2.75, 3.05) is 17.7 Å². The first kappa shape index (κ1) is 13.9. The van der Waals surface area contributed by atoms with Crippen LogP contribution in [0.3, 0.4) is 0 Å². The summed E-state index contributed by atoms with van der Waals surface area (Å²) in [6, 6.07) is 3.44. The Bertz CT molecular complexity index is 609. The Labute approximate surface area is 116 Å². The molecule has 20 heavy (non-hydrogen) atoms. The van der Waals surface area contributed by atoms with Crippen molar-refractivity contribution in [2.24, 2.45) is 7.05 Å². The van der Waals surface area contributed by atoms with Crippen molar-refractivity contribution in [2.45, 2.75) is 13.5 Å². The largest absolute Gasteiger partial charge is 0.462 e. The van der Waals surface area contributed by atoms with Crippen LogP contribution >= 0.6 is 0 Å². The van der Waals surface area contributed by atoms with E-state index in [9.17, 15) is 4.79 Å². The average Bonchev–Trinajstić information content (AvgIpc) is 2.83. The molecule has 0 saturated heterocycles. The zero-order valence-corrected chi connectivity index (χ0v) is 11.5. The monoisotopic (exact) mass is 275 g/mol. The van der Waals surface area contributed by atoms with Gasteiger partial charge >= 0.3 is 5.97 Å². The molecule has 0 saturated carbocycles. The summed E-state index contributed by atoms with van der Waals surface area (Å²) in [5, 5.41) is 7.17. The first-order valence-electron chi connectivity index (χ1n) is 6.25. The van der Waals surface area contributed by atoms with E-state index < -0.39 is 5.97 Å². The minimum atomic E-state index is -0.445. The molecule has 3 N–H and O–H groups in total. The molecule has 0 aliphatic carbocycles. The molecule has 7 nitrogen and oxygen atoms in total. The van der Waals surface area contributed by atoms with Gasteiger partial charge in [-0.3, -0.25) is 4.68 Å². The van der Waals surface area contributed by atoms with E-state index in [0.29, 0.717) is 30.2 Å². The third-order valence-corrected chi connectivity index (χ3v) is 2.76. The highest BCUT2D eigenvalue weighted by molar-refractivity contribution is 5.95. The Morgan fingerprint density at radius 3 is 3.00 bits per heavy atom. The molecule has 7 heteroatoms. The summed E-state index contributed by atoms with van der Waals surface area (Å²) >= 11 is 0. The van der Waals surface area contributed by atoms with Crippen molar-refractivity contribution in [1.82, 2.24) is 14.8 Å². The lowest BCUT2D eigenvalue weighted by Crippen LogP contribution is -2.13. The van der Waals surface area contributed by atoms with E-state index in [-0.39, 0.29) is 0 Å². The van der Waals surface area contributed by atoms with Gasteiger partial charge in [0, 0.05) is 13.2 Å². The van der Waals surface area contributed by atoms with Crippen LogP contribution in [0.25, 0.3) is 0 Å². The summed E-state index contributed by atoms with van der Waals surface area (Å²) in [4.78, 5) is 16.0. The minimum Gasteiger partial charge on any atom is -0.462 e. The number of carbonyl (C=O) groups excluding carboxylic acids is 1. The van der Waals surface area contributed by atoms with Crippen LogP contribution in [0.1, 0.15) is 23.0 Å². The van der Waals surface area contributed by atoms with Crippen LogP contribution in [0.4, 0.5) is 11.5 Å². The van der Waals surface area contributed by atoms with E-state index >= 15 is 0 Å². The van der Waals surface area contributed by atoms with Crippen LogP contribution in [0.15, 0.2) is 24.5 Å². The molecule has 106 valence electrons. The fraction of sp³-hybridized carbons (Fsp3) is 0.308. The van der Waals surface area contributed by atoms with Crippen LogP contribution < -0.4 is 11.1 Å². The summed E-state index contributed by atoms with van der Waals surface area (Å²) in [6.45, 7) is 2.55. The maximum atomic E-state index is 11.9. The third kappa shape index (κ3) is 3.05. The maximum absolute atomic E-state index is 11.9. The van der Waals surface area contributed by atoms with E-state index in [2.05, 4.69) is 15.4 Å². The summed E-state index contributed by atoms with van der Waals surface area (Å²) in [5.74, 6) is -0.00124. The van der Waals surface area contributed by atoms with Crippen molar-refractivity contribution < 1.29 is 9.53 Å². The number of anilines is 2. The lowest BCUT2D eigenvalue weighted by atomic mass is 10.2. The number of aromatic nitrogens is 3. The van der Waals surface area contributed by atoms with Crippen LogP contribution in [0.5, 0.6) is 0 Å². The van der Waals surface area contributed by atoms with E-state index in [0.717, 1.165) is 5.69 Å². The molecular formula is C13H17N5O2. The van der Waals surface area contributed by atoms with Gasteiger partial charge in [-0.15, -0.1) is 0 Å². The predicted octanol–water partition coefficient (Wildman–Crippen LogP) is 1.19. The second-order valence-electron chi connectivity index (χ2n) is 4.18. The standard InChI is InChI=1S/C13H17N5O2/c1-3-20-13(19)11-6-9(14)7-15-12(11)16-8-10-4-5-17-18(10)2/h4-7H,3,8,14H2,1-2H3,(H,15,16). The predicted molar refractivity (Wildman–Crippen MR) is 75.1 cm³/mol. The quantitative estimate of drug-likeness (QED) is 0.796. The number of nitrogens with zero attached hydrogens (tertiary/aromatic N) is 3. The topological polar surface area (TPSA) is 95.1 Å². The molecule has 0 atom stereocenters. The second-order valence-corrected chi connectivity index (χ2v) is 4.18. The number of rotatable bonds is 5. The number of ether oxygens (including phenoxy) is 1. The van der Waals surface area contributed by atoms with Crippen molar-refractivity contribution in [3.8, 4) is 0 Å². The lowest BCUT2D eigenvalue weighted by Gasteiger charge is -2.11. The summed E-state index contributed by atoms with van der Waals surface area (Å²) in [7, 11) is 1.85. The van der Waals surface area contributed by atoms with E-state index in [4.69, 9.17) is 10.5 Å². The fourth-order valence-electron chi connectivity index (χ4n) is 1.74. The molecule has 0 bridgehead atoms. The number of carbonyl (C=O) groups is 1. The molecule has 2 rings (SSSR count). The van der Waals surface area contributed by atoms with Crippen molar-refractivity contribution in [3.63, 3.8) is 0 Å². The van der Waals surface area contributed by atoms with Gasteiger partial charge in [-0.05, 0) is 19.1 Å². The molecule has 0 amide bonds. The smallest absolute Gasteiger partial charge is 0.341 e. The maximum Gasteiger partial charge on any atom is 0.341 e. The normalized spacial score (nSPS) is 10.3. The SMILES string of the molecule is CCOC(=O)c1cc(N)cnc1NCc1ccnn1C. The zero-order valence-electron chi connectivity index (χ0n) is 11.5. The van der Waals surface area contributed by atoms with Gasteiger partial charge in [0.2, 0.25) is 0 Å². The Morgan fingerprint density at radius 2 is 2.35 bits per heavy atom. The molecule has 0 spiro atoms. The van der Waals surface area contributed by atoms with Gasteiger partial charge in [-0.1, -0.05) is 0 Å². The highest BCUT2D eigenvalue weighted by Crippen LogP contribution is 2.17. The number of esters is 1. The van der Waals surface area contributed by atoms with Gasteiger partial charge < -0.3 is 15.8 Å². The lowest BCUT2D eigenvalue weighted by molar-refractivity contribution is 0.0527.